The molecule has 0 unspecified atom stereocenters. The summed E-state index contributed by atoms with van der Waals surface area (Å²) < 4.78 is 5.29. The highest BCUT2D eigenvalue weighted by atomic mass is 16.6. The Morgan fingerprint density at radius 3 is 1.93 bits per heavy atom. The maximum absolute atomic E-state index is 12.5. The van der Waals surface area contributed by atoms with Crippen LogP contribution >= 0.6 is 0 Å². The summed E-state index contributed by atoms with van der Waals surface area (Å²) in [5, 5.41) is 18.2. The summed E-state index contributed by atoms with van der Waals surface area (Å²) in [5.74, 6) is -4.23. The molecule has 150 valence electrons. The Hall–Kier alpha value is -3.68. The topological polar surface area (TPSA) is 121 Å². The van der Waals surface area contributed by atoms with Gasteiger partial charge in [-0.25, -0.2) is 14.5 Å². The normalized spacial score (nSPS) is 13.1. The SMILES string of the molecule is CC(=O)N(C(=O)OCC1c2ccccc2-c2ccccc21)[C@@H](CC(=O)O)C(=O)O. The monoisotopic (exact) mass is 397 g/mol. The lowest BCUT2D eigenvalue weighted by Crippen LogP contribution is -2.49. The fourth-order valence-electron chi connectivity index (χ4n) is 3.59. The van der Waals surface area contributed by atoms with Gasteiger partial charge in [-0.3, -0.25) is 9.59 Å². The van der Waals surface area contributed by atoms with Crippen LogP contribution in [0.25, 0.3) is 11.1 Å². The van der Waals surface area contributed by atoms with Gasteiger partial charge in [0.1, 0.15) is 6.61 Å². The van der Waals surface area contributed by atoms with Gasteiger partial charge >= 0.3 is 18.0 Å². The first-order chi connectivity index (χ1) is 13.8. The molecule has 8 heteroatoms. The van der Waals surface area contributed by atoms with Gasteiger partial charge in [0.15, 0.2) is 6.04 Å². The molecule has 1 aliphatic rings. The molecule has 3 rings (SSSR count). The van der Waals surface area contributed by atoms with E-state index in [1.165, 1.54) is 0 Å². The van der Waals surface area contributed by atoms with Gasteiger partial charge in [-0.2, -0.15) is 0 Å². The van der Waals surface area contributed by atoms with E-state index in [1.54, 1.807) is 0 Å². The number of imide groups is 1. The number of carbonyl (C=O) groups is 4. The highest BCUT2D eigenvalue weighted by molar-refractivity contribution is 5.96. The molecule has 1 atom stereocenters. The fraction of sp³-hybridized carbons (Fsp3) is 0.238. The molecule has 2 amide bonds. The second kappa shape index (κ2) is 8.14. The van der Waals surface area contributed by atoms with E-state index in [2.05, 4.69) is 0 Å². The third-order valence-corrected chi connectivity index (χ3v) is 4.84. The standard InChI is InChI=1S/C21H19NO7/c1-12(23)22(18(20(26)27)10-19(24)25)21(28)29-11-17-15-8-4-2-6-13(15)14-7-3-5-9-16(14)17/h2-9,17-18H,10-11H2,1H3,(H,24,25)(H,26,27)/t18-/m0/s1. The van der Waals surface area contributed by atoms with Gasteiger partial charge in [0, 0.05) is 12.8 Å². The molecular formula is C21H19NO7. The largest absolute Gasteiger partial charge is 0.481 e. The Morgan fingerprint density at radius 2 is 1.48 bits per heavy atom. The van der Waals surface area contributed by atoms with Crippen molar-refractivity contribution >= 4 is 23.9 Å². The zero-order valence-corrected chi connectivity index (χ0v) is 15.6. The minimum absolute atomic E-state index is 0.115. The Kier molecular flexibility index (Phi) is 5.63. The van der Waals surface area contributed by atoms with E-state index >= 15 is 0 Å². The summed E-state index contributed by atoms with van der Waals surface area (Å²) in [6.45, 7) is 0.870. The van der Waals surface area contributed by atoms with Gasteiger partial charge in [0.05, 0.1) is 6.42 Å². The number of hydrogen-bond acceptors (Lipinski definition) is 5. The van der Waals surface area contributed by atoms with Crippen molar-refractivity contribution in [3.63, 3.8) is 0 Å². The van der Waals surface area contributed by atoms with E-state index in [1.807, 2.05) is 48.5 Å². The number of ether oxygens (including phenoxy) is 1. The van der Waals surface area contributed by atoms with Crippen LogP contribution in [0.3, 0.4) is 0 Å². The van der Waals surface area contributed by atoms with Crippen LogP contribution in [0.15, 0.2) is 48.5 Å². The number of carbonyl (C=O) groups excluding carboxylic acids is 2. The number of hydrogen-bond donors (Lipinski definition) is 2. The van der Waals surface area contributed by atoms with E-state index in [0.717, 1.165) is 29.2 Å². The van der Waals surface area contributed by atoms with E-state index in [9.17, 15) is 24.3 Å². The molecule has 1 aliphatic carbocycles. The first kappa shape index (κ1) is 20.1. The summed E-state index contributed by atoms with van der Waals surface area (Å²) in [6, 6.07) is 13.5. The molecule has 8 nitrogen and oxygen atoms in total. The van der Waals surface area contributed by atoms with Crippen molar-refractivity contribution in [2.24, 2.45) is 0 Å². The molecule has 0 aliphatic heterocycles. The average Bonchev–Trinajstić information content (AvgIpc) is 2.99. The molecular weight excluding hydrogens is 378 g/mol. The third kappa shape index (κ3) is 3.96. The zero-order chi connectivity index (χ0) is 21.1. The lowest BCUT2D eigenvalue weighted by atomic mass is 9.98. The van der Waals surface area contributed by atoms with Crippen molar-refractivity contribution in [1.29, 1.82) is 0 Å². The summed E-state index contributed by atoms with van der Waals surface area (Å²) in [5.41, 5.74) is 3.94. The number of nitrogens with zero attached hydrogens (tertiary/aromatic N) is 1. The number of rotatable bonds is 6. The molecule has 2 N–H and O–H groups in total. The molecule has 2 aromatic rings. The van der Waals surface area contributed by atoms with Gasteiger partial charge in [-0.1, -0.05) is 48.5 Å². The van der Waals surface area contributed by atoms with Crippen LogP contribution in [-0.4, -0.2) is 51.7 Å². The first-order valence-corrected chi connectivity index (χ1v) is 8.90. The van der Waals surface area contributed by atoms with Crippen LogP contribution < -0.4 is 0 Å². The maximum Gasteiger partial charge on any atom is 0.417 e. The van der Waals surface area contributed by atoms with Gasteiger partial charge in [0.25, 0.3) is 0 Å². The Labute approximate surface area is 166 Å². The molecule has 0 saturated heterocycles. The van der Waals surface area contributed by atoms with Crippen LogP contribution in [0.2, 0.25) is 0 Å². The lowest BCUT2D eigenvalue weighted by molar-refractivity contribution is -0.152. The molecule has 0 heterocycles. The number of benzene rings is 2. The van der Waals surface area contributed by atoms with E-state index in [-0.39, 0.29) is 12.5 Å². The quantitative estimate of drug-likeness (QED) is 0.769. The summed E-state index contributed by atoms with van der Waals surface area (Å²) in [4.78, 5) is 47.1. The van der Waals surface area contributed by atoms with Crippen molar-refractivity contribution in [2.75, 3.05) is 6.61 Å². The van der Waals surface area contributed by atoms with Crippen LogP contribution in [-0.2, 0) is 19.1 Å². The molecule has 0 aromatic heterocycles. The predicted octanol–water partition coefficient (Wildman–Crippen LogP) is 2.71. The molecule has 0 spiro atoms. The summed E-state index contributed by atoms with van der Waals surface area (Å²) >= 11 is 0. The van der Waals surface area contributed by atoms with Crippen molar-refractivity contribution < 1.29 is 34.1 Å². The molecule has 0 bridgehead atoms. The third-order valence-electron chi connectivity index (χ3n) is 4.84. The van der Waals surface area contributed by atoms with Gasteiger partial charge < -0.3 is 14.9 Å². The first-order valence-electron chi connectivity index (χ1n) is 8.90. The lowest BCUT2D eigenvalue weighted by Gasteiger charge is -2.25. The molecule has 29 heavy (non-hydrogen) atoms. The second-order valence-electron chi connectivity index (χ2n) is 6.64. The molecule has 2 aromatic carbocycles. The van der Waals surface area contributed by atoms with Crippen molar-refractivity contribution in [3.05, 3.63) is 59.7 Å². The van der Waals surface area contributed by atoms with Gasteiger partial charge in [0.2, 0.25) is 5.91 Å². The number of carboxylic acids is 2. The molecule has 0 fully saturated rings. The smallest absolute Gasteiger partial charge is 0.417 e. The maximum atomic E-state index is 12.5. The minimum Gasteiger partial charge on any atom is -0.481 e. The highest BCUT2D eigenvalue weighted by Crippen LogP contribution is 2.44. The van der Waals surface area contributed by atoms with Crippen molar-refractivity contribution in [1.82, 2.24) is 4.90 Å². The van der Waals surface area contributed by atoms with E-state index in [0.29, 0.717) is 4.90 Å². The Bertz CT molecular complexity index is 939. The minimum atomic E-state index is -1.85. The summed E-state index contributed by atoms with van der Waals surface area (Å²) in [6.07, 6.45) is -2.10. The van der Waals surface area contributed by atoms with Crippen molar-refractivity contribution in [3.8, 4) is 11.1 Å². The van der Waals surface area contributed by atoms with Gasteiger partial charge in [-0.05, 0) is 22.3 Å². The van der Waals surface area contributed by atoms with Crippen LogP contribution in [0.4, 0.5) is 4.79 Å². The predicted molar refractivity (Wildman–Crippen MR) is 101 cm³/mol. The van der Waals surface area contributed by atoms with Crippen LogP contribution in [0.5, 0.6) is 0 Å². The number of fused-ring (bicyclic) bond motifs is 3. The van der Waals surface area contributed by atoms with Crippen molar-refractivity contribution in [2.45, 2.75) is 25.3 Å². The van der Waals surface area contributed by atoms with E-state index < -0.39 is 36.4 Å². The van der Waals surface area contributed by atoms with E-state index in [4.69, 9.17) is 9.84 Å². The summed E-state index contributed by atoms with van der Waals surface area (Å²) in [7, 11) is 0. The number of amides is 2. The molecule has 0 saturated carbocycles. The highest BCUT2D eigenvalue weighted by Gasteiger charge is 2.37. The van der Waals surface area contributed by atoms with Gasteiger partial charge in [-0.15, -0.1) is 0 Å². The fourth-order valence-corrected chi connectivity index (χ4v) is 3.59. The van der Waals surface area contributed by atoms with Crippen LogP contribution in [0, 0.1) is 0 Å². The Balaban J connectivity index is 1.83. The average molecular weight is 397 g/mol. The molecule has 0 radical (unpaired) electrons. The second-order valence-corrected chi connectivity index (χ2v) is 6.64. The zero-order valence-electron chi connectivity index (χ0n) is 15.6. The van der Waals surface area contributed by atoms with Crippen LogP contribution in [0.1, 0.15) is 30.4 Å². The number of carboxylic acid groups (broad SMARTS) is 2. The Morgan fingerprint density at radius 1 is 0.966 bits per heavy atom. The number of aliphatic carboxylic acids is 2.